The molecule has 0 aromatic heterocycles. The third-order valence-electron chi connectivity index (χ3n) is 7.29. The van der Waals surface area contributed by atoms with Crippen molar-refractivity contribution in [3.05, 3.63) is 65.7 Å². The molecule has 5 aromatic carbocycles. The Morgan fingerprint density at radius 2 is 1.15 bits per heavy atom. The summed E-state index contributed by atoms with van der Waals surface area (Å²) < 4.78 is 4.98. The molecular formula is C30H27NO3. The second-order valence-electron chi connectivity index (χ2n) is 9.30. The topological polar surface area (TPSA) is 46.6 Å². The Morgan fingerprint density at radius 1 is 0.618 bits per heavy atom. The van der Waals surface area contributed by atoms with Crippen molar-refractivity contribution in [1.29, 1.82) is 0 Å². The Balaban J connectivity index is 1.70. The molecule has 0 saturated heterocycles. The predicted octanol–water partition coefficient (Wildman–Crippen LogP) is 7.45. The van der Waals surface area contributed by atoms with Gasteiger partial charge in [0.15, 0.2) is 0 Å². The third-order valence-corrected chi connectivity index (χ3v) is 7.29. The molecule has 0 atom stereocenters. The first-order valence-corrected chi connectivity index (χ1v) is 12.3. The number of hydrogen-bond acceptors (Lipinski definition) is 4. The van der Waals surface area contributed by atoms with E-state index in [0.29, 0.717) is 11.1 Å². The molecule has 0 spiro atoms. The molecule has 0 radical (unpaired) electrons. The largest absolute Gasteiger partial charge is 0.386 e. The Hall–Kier alpha value is -3.66. The molecule has 0 bridgehead atoms. The van der Waals surface area contributed by atoms with Crippen LogP contribution in [0.3, 0.4) is 0 Å². The maximum atomic E-state index is 12.5. The highest BCUT2D eigenvalue weighted by molar-refractivity contribution is 6.37. The average molecular weight is 450 g/mol. The Labute approximate surface area is 198 Å². The quantitative estimate of drug-likeness (QED) is 0.112. The number of carbonyl (C=O) groups is 2. The highest BCUT2D eigenvalue weighted by atomic mass is 16.6. The number of unbranched alkanes of at least 4 members (excludes halogenated alkanes) is 2. The number of rotatable bonds is 7. The van der Waals surface area contributed by atoms with Gasteiger partial charge in [-0.1, -0.05) is 63.1 Å². The van der Waals surface area contributed by atoms with E-state index in [4.69, 9.17) is 4.74 Å². The lowest BCUT2D eigenvalue weighted by atomic mass is 9.85. The lowest BCUT2D eigenvalue weighted by Gasteiger charge is -2.27. The molecule has 0 fully saturated rings. The molecule has 1 aliphatic rings. The number of fused-ring (bicyclic) bond motifs is 2. The number of ether oxygens (including phenoxy) is 1. The van der Waals surface area contributed by atoms with Crippen molar-refractivity contribution in [1.82, 2.24) is 0 Å². The van der Waals surface area contributed by atoms with Gasteiger partial charge in [-0.05, 0) is 63.4 Å². The first kappa shape index (κ1) is 20.9. The van der Waals surface area contributed by atoms with E-state index in [0.717, 1.165) is 45.4 Å². The van der Waals surface area contributed by atoms with E-state index in [2.05, 4.69) is 49.1 Å². The second-order valence-corrected chi connectivity index (χ2v) is 9.30. The van der Waals surface area contributed by atoms with Gasteiger partial charge in [0.25, 0.3) is 0 Å². The summed E-state index contributed by atoms with van der Waals surface area (Å²) in [6, 6.07) is 18.6. The van der Waals surface area contributed by atoms with Crippen LogP contribution in [0.25, 0.3) is 43.1 Å². The summed E-state index contributed by atoms with van der Waals surface area (Å²) in [5.41, 5.74) is 2.22. The van der Waals surface area contributed by atoms with Gasteiger partial charge < -0.3 is 9.64 Å². The monoisotopic (exact) mass is 449 g/mol. The van der Waals surface area contributed by atoms with Crippen molar-refractivity contribution in [2.75, 3.05) is 18.0 Å². The van der Waals surface area contributed by atoms with E-state index in [-0.39, 0.29) is 0 Å². The van der Waals surface area contributed by atoms with Crippen LogP contribution in [0.15, 0.2) is 54.6 Å². The van der Waals surface area contributed by atoms with Crippen LogP contribution in [0.4, 0.5) is 5.69 Å². The van der Waals surface area contributed by atoms with E-state index >= 15 is 0 Å². The van der Waals surface area contributed by atoms with Crippen LogP contribution < -0.4 is 4.90 Å². The summed E-state index contributed by atoms with van der Waals surface area (Å²) in [7, 11) is 0. The SMILES string of the molecule is CCCCN(CCCC)c1ccc2c3ccc4c5c(ccc(c6cccc1c62)c53)C(=O)OC4=O. The zero-order valence-electron chi connectivity index (χ0n) is 19.6. The van der Waals surface area contributed by atoms with Gasteiger partial charge in [-0.25, -0.2) is 9.59 Å². The lowest BCUT2D eigenvalue weighted by Crippen LogP contribution is -2.25. The fourth-order valence-electron chi connectivity index (χ4n) is 5.65. The van der Waals surface area contributed by atoms with E-state index in [1.165, 1.54) is 42.1 Å². The normalized spacial score (nSPS) is 13.5. The number of hydrogen-bond donors (Lipinski definition) is 0. The van der Waals surface area contributed by atoms with Crippen LogP contribution in [0, 0.1) is 0 Å². The predicted molar refractivity (Wildman–Crippen MR) is 139 cm³/mol. The maximum absolute atomic E-state index is 12.5. The molecule has 0 N–H and O–H groups in total. The summed E-state index contributed by atoms with van der Waals surface area (Å²) >= 11 is 0. The molecule has 34 heavy (non-hydrogen) atoms. The molecule has 0 saturated carbocycles. The van der Waals surface area contributed by atoms with Gasteiger partial charge in [-0.3, -0.25) is 0 Å². The maximum Gasteiger partial charge on any atom is 0.346 e. The summed E-state index contributed by atoms with van der Waals surface area (Å²) in [4.78, 5) is 27.5. The summed E-state index contributed by atoms with van der Waals surface area (Å²) in [6.07, 6.45) is 4.69. The summed E-state index contributed by atoms with van der Waals surface area (Å²) in [5, 5.41) is 8.65. The Bertz CT molecular complexity index is 1520. The summed E-state index contributed by atoms with van der Waals surface area (Å²) in [6.45, 7) is 6.59. The van der Waals surface area contributed by atoms with Crippen molar-refractivity contribution in [3.8, 4) is 0 Å². The molecule has 0 amide bonds. The molecule has 4 nitrogen and oxygen atoms in total. The highest BCUT2D eigenvalue weighted by Crippen LogP contribution is 2.45. The van der Waals surface area contributed by atoms with Crippen LogP contribution >= 0.6 is 0 Å². The smallest absolute Gasteiger partial charge is 0.346 e. The molecule has 5 aromatic rings. The first-order chi connectivity index (χ1) is 16.6. The first-order valence-electron chi connectivity index (χ1n) is 12.3. The molecule has 6 rings (SSSR count). The number of esters is 2. The highest BCUT2D eigenvalue weighted by Gasteiger charge is 2.29. The number of anilines is 1. The van der Waals surface area contributed by atoms with E-state index in [1.807, 2.05) is 24.3 Å². The molecule has 0 aliphatic carbocycles. The van der Waals surface area contributed by atoms with E-state index in [9.17, 15) is 9.59 Å². The van der Waals surface area contributed by atoms with Crippen LogP contribution in [0.2, 0.25) is 0 Å². The Kier molecular flexibility index (Phi) is 4.91. The van der Waals surface area contributed by atoms with Crippen LogP contribution in [0.1, 0.15) is 60.2 Å². The van der Waals surface area contributed by atoms with Crippen molar-refractivity contribution in [3.63, 3.8) is 0 Å². The second kappa shape index (κ2) is 7.98. The van der Waals surface area contributed by atoms with Crippen molar-refractivity contribution in [2.45, 2.75) is 39.5 Å². The summed E-state index contributed by atoms with van der Waals surface area (Å²) in [5.74, 6) is -1.13. The number of carbonyl (C=O) groups excluding carboxylic acids is 2. The number of benzene rings is 5. The fraction of sp³-hybridized carbons (Fsp3) is 0.267. The average Bonchev–Trinajstić information content (AvgIpc) is 2.86. The number of cyclic esters (lactones) is 2. The minimum absolute atomic E-state index is 0.466. The minimum atomic E-state index is -0.567. The van der Waals surface area contributed by atoms with Crippen LogP contribution in [0.5, 0.6) is 0 Å². The fourth-order valence-corrected chi connectivity index (χ4v) is 5.65. The van der Waals surface area contributed by atoms with Gasteiger partial charge in [0.05, 0.1) is 11.1 Å². The molecule has 4 heteroatoms. The zero-order valence-corrected chi connectivity index (χ0v) is 19.6. The van der Waals surface area contributed by atoms with E-state index in [1.54, 1.807) is 0 Å². The van der Waals surface area contributed by atoms with Gasteiger partial charge in [-0.2, -0.15) is 0 Å². The van der Waals surface area contributed by atoms with Gasteiger partial charge in [0.2, 0.25) is 0 Å². The lowest BCUT2D eigenvalue weighted by molar-refractivity contribution is 0.0391. The van der Waals surface area contributed by atoms with Crippen LogP contribution in [-0.4, -0.2) is 25.0 Å². The Morgan fingerprint density at radius 3 is 1.76 bits per heavy atom. The van der Waals surface area contributed by atoms with Gasteiger partial charge >= 0.3 is 11.9 Å². The zero-order chi connectivity index (χ0) is 23.4. The number of nitrogens with zero attached hydrogens (tertiary/aromatic N) is 1. The molecule has 1 aliphatic heterocycles. The van der Waals surface area contributed by atoms with Gasteiger partial charge in [-0.15, -0.1) is 0 Å². The van der Waals surface area contributed by atoms with Crippen molar-refractivity contribution >= 4 is 60.7 Å². The van der Waals surface area contributed by atoms with Gasteiger partial charge in [0.1, 0.15) is 0 Å². The molecule has 170 valence electrons. The van der Waals surface area contributed by atoms with Crippen molar-refractivity contribution in [2.24, 2.45) is 0 Å². The van der Waals surface area contributed by atoms with E-state index < -0.39 is 11.9 Å². The molecular weight excluding hydrogens is 422 g/mol. The molecule has 0 unspecified atom stereocenters. The van der Waals surface area contributed by atoms with Crippen molar-refractivity contribution < 1.29 is 14.3 Å². The minimum Gasteiger partial charge on any atom is -0.386 e. The van der Waals surface area contributed by atoms with Crippen LogP contribution in [-0.2, 0) is 4.74 Å². The van der Waals surface area contributed by atoms with Gasteiger partial charge in [0, 0.05) is 29.5 Å². The molecule has 1 heterocycles. The third kappa shape index (κ3) is 2.91. The standard InChI is InChI=1S/C30H27NO3/c1-3-5-16-31(17-6-4-2)25-15-14-19-21-11-13-24-28-23(29(32)34-30(24)33)12-10-20(27(21)28)18-8-7-9-22(25)26(18)19/h7-15H,3-6,16-17H2,1-2H3.